The summed E-state index contributed by atoms with van der Waals surface area (Å²) in [6.07, 6.45) is -0.110. The molecule has 37 heavy (non-hydrogen) atoms. The Morgan fingerprint density at radius 3 is 2.46 bits per heavy atom. The van der Waals surface area contributed by atoms with E-state index in [0.717, 1.165) is 22.4 Å². The van der Waals surface area contributed by atoms with Gasteiger partial charge in [0.25, 0.3) is 0 Å². The van der Waals surface area contributed by atoms with Gasteiger partial charge in [-0.25, -0.2) is 4.98 Å². The molecule has 1 aliphatic heterocycles. The van der Waals surface area contributed by atoms with E-state index in [0.29, 0.717) is 28.8 Å². The number of carbonyl (C=O) groups is 1. The lowest BCUT2D eigenvalue weighted by molar-refractivity contribution is -0.142. The van der Waals surface area contributed by atoms with Gasteiger partial charge in [-0.2, -0.15) is 0 Å². The molecule has 194 valence electrons. The van der Waals surface area contributed by atoms with Gasteiger partial charge < -0.3 is 29.4 Å². The molecule has 0 fully saturated rings. The van der Waals surface area contributed by atoms with Crippen LogP contribution in [0.3, 0.4) is 0 Å². The fourth-order valence-electron chi connectivity index (χ4n) is 5.30. The van der Waals surface area contributed by atoms with E-state index < -0.39 is 23.7 Å². The number of rotatable bonds is 8. The number of anilines is 1. The largest absolute Gasteiger partial charge is 0.497 e. The Bertz CT molecular complexity index is 1320. The molecule has 1 aromatic heterocycles. The Balaban J connectivity index is 1.72. The number of nitrogens with one attached hydrogen (secondary N) is 1. The lowest BCUT2D eigenvalue weighted by Gasteiger charge is -2.25. The summed E-state index contributed by atoms with van der Waals surface area (Å²) in [4.78, 5) is 18.0. The molecule has 3 atom stereocenters. The average Bonchev–Trinajstić information content (AvgIpc) is 3.45. The van der Waals surface area contributed by atoms with Crippen molar-refractivity contribution < 1.29 is 28.8 Å². The maximum Gasteiger partial charge on any atom is 0.308 e. The molecule has 5 rings (SSSR count). The Labute approximate surface area is 216 Å². The highest BCUT2D eigenvalue weighted by atomic mass is 16.7. The van der Waals surface area contributed by atoms with E-state index in [9.17, 15) is 9.90 Å². The monoisotopic (exact) mass is 504 g/mol. The summed E-state index contributed by atoms with van der Waals surface area (Å²) in [6, 6.07) is 15.3. The van der Waals surface area contributed by atoms with Crippen molar-refractivity contribution >= 4 is 11.8 Å². The van der Waals surface area contributed by atoms with Gasteiger partial charge in [-0.05, 0) is 63.1 Å². The summed E-state index contributed by atoms with van der Waals surface area (Å²) in [7, 11) is 1.60. The van der Waals surface area contributed by atoms with Crippen molar-refractivity contribution in [3.05, 3.63) is 70.9 Å². The van der Waals surface area contributed by atoms with Crippen LogP contribution in [0.4, 0.5) is 5.82 Å². The lowest BCUT2D eigenvalue weighted by atomic mass is 9.79. The van der Waals surface area contributed by atoms with Crippen molar-refractivity contribution in [3.8, 4) is 23.0 Å². The molecule has 0 saturated carbocycles. The third-order valence-electron chi connectivity index (χ3n) is 6.70. The minimum Gasteiger partial charge on any atom is -0.497 e. The van der Waals surface area contributed by atoms with Gasteiger partial charge in [-0.1, -0.05) is 18.2 Å². The lowest BCUT2D eigenvalue weighted by Crippen LogP contribution is -2.25. The normalized spacial score (nSPS) is 19.7. The standard InChI is InChI=1S/C29H32N2O6/c1-15(2)30-24-11-9-20-25(17-6-10-21-23(12-17)36-14-35-21)27(29(32)33)26(28(20)31-24)19-8-7-18(34-5)13-22(19)37-16(3)4/h6-13,15-16,25-27H,14H2,1-5H3,(H,30,31)(H,32,33)/t25-,26-,27+/m0/s1. The second-order valence-corrected chi connectivity index (χ2v) is 9.97. The molecule has 2 aromatic carbocycles. The number of hydrogen-bond donors (Lipinski definition) is 2. The molecule has 0 radical (unpaired) electrons. The molecular weight excluding hydrogens is 472 g/mol. The molecule has 0 saturated heterocycles. The number of nitrogens with zero attached hydrogens (tertiary/aromatic N) is 1. The summed E-state index contributed by atoms with van der Waals surface area (Å²) in [5.74, 6) is 0.489. The van der Waals surface area contributed by atoms with E-state index in [4.69, 9.17) is 23.9 Å². The Hall–Kier alpha value is -3.94. The summed E-state index contributed by atoms with van der Waals surface area (Å²) in [5.41, 5.74) is 3.20. The highest BCUT2D eigenvalue weighted by Crippen LogP contribution is 2.55. The number of fused-ring (bicyclic) bond motifs is 2. The summed E-state index contributed by atoms with van der Waals surface area (Å²) in [6.45, 7) is 8.12. The van der Waals surface area contributed by atoms with Crippen LogP contribution in [0.5, 0.6) is 23.0 Å². The number of pyridine rings is 1. The maximum absolute atomic E-state index is 13.0. The molecule has 0 amide bonds. The van der Waals surface area contributed by atoms with Gasteiger partial charge >= 0.3 is 5.97 Å². The minimum atomic E-state index is -0.907. The first-order valence-electron chi connectivity index (χ1n) is 12.5. The first-order valence-corrected chi connectivity index (χ1v) is 12.5. The summed E-state index contributed by atoms with van der Waals surface area (Å²) < 4.78 is 22.7. The predicted molar refractivity (Wildman–Crippen MR) is 139 cm³/mol. The molecule has 2 N–H and O–H groups in total. The fourth-order valence-corrected chi connectivity index (χ4v) is 5.30. The van der Waals surface area contributed by atoms with Crippen molar-refractivity contribution in [1.82, 2.24) is 4.98 Å². The van der Waals surface area contributed by atoms with Crippen LogP contribution in [0.15, 0.2) is 48.5 Å². The average molecular weight is 505 g/mol. The van der Waals surface area contributed by atoms with Gasteiger partial charge in [0.2, 0.25) is 6.79 Å². The molecule has 1 aliphatic carbocycles. The molecular formula is C29H32N2O6. The predicted octanol–water partition coefficient (Wildman–Crippen LogP) is 5.40. The first kappa shape index (κ1) is 24.7. The van der Waals surface area contributed by atoms with Crippen LogP contribution in [-0.4, -0.2) is 42.1 Å². The minimum absolute atomic E-state index is 0.110. The molecule has 0 bridgehead atoms. The molecule has 8 heteroatoms. The van der Waals surface area contributed by atoms with Gasteiger partial charge in [0, 0.05) is 29.5 Å². The first-order chi connectivity index (χ1) is 17.8. The van der Waals surface area contributed by atoms with Gasteiger partial charge in [-0.3, -0.25) is 4.79 Å². The zero-order valence-corrected chi connectivity index (χ0v) is 21.6. The molecule has 3 aromatic rings. The van der Waals surface area contributed by atoms with Crippen molar-refractivity contribution in [1.29, 1.82) is 0 Å². The third-order valence-corrected chi connectivity index (χ3v) is 6.70. The van der Waals surface area contributed by atoms with E-state index in [2.05, 4.69) is 5.32 Å². The van der Waals surface area contributed by atoms with Crippen molar-refractivity contribution in [2.24, 2.45) is 5.92 Å². The van der Waals surface area contributed by atoms with Crippen LogP contribution in [0, 0.1) is 5.92 Å². The fraction of sp³-hybridized carbons (Fsp3) is 0.379. The van der Waals surface area contributed by atoms with Gasteiger partial charge in [0.15, 0.2) is 11.5 Å². The molecule has 2 heterocycles. The second-order valence-electron chi connectivity index (χ2n) is 9.97. The molecule has 2 aliphatic rings. The van der Waals surface area contributed by atoms with Crippen LogP contribution < -0.4 is 24.3 Å². The smallest absolute Gasteiger partial charge is 0.308 e. The van der Waals surface area contributed by atoms with E-state index in [1.165, 1.54) is 0 Å². The quantitative estimate of drug-likeness (QED) is 0.420. The van der Waals surface area contributed by atoms with E-state index >= 15 is 0 Å². The number of benzene rings is 2. The van der Waals surface area contributed by atoms with Crippen LogP contribution in [0.2, 0.25) is 0 Å². The number of carboxylic acids is 1. The molecule has 8 nitrogen and oxygen atoms in total. The van der Waals surface area contributed by atoms with Crippen molar-refractivity contribution in [2.45, 2.75) is 51.7 Å². The highest BCUT2D eigenvalue weighted by molar-refractivity contribution is 5.78. The van der Waals surface area contributed by atoms with Gasteiger partial charge in [-0.15, -0.1) is 0 Å². The number of methoxy groups -OCH3 is 1. The number of aromatic nitrogens is 1. The topological polar surface area (TPSA) is 99.1 Å². The Morgan fingerprint density at radius 2 is 1.76 bits per heavy atom. The highest BCUT2D eigenvalue weighted by Gasteiger charge is 2.49. The number of carboxylic acid groups (broad SMARTS) is 1. The van der Waals surface area contributed by atoms with E-state index in [1.54, 1.807) is 7.11 Å². The van der Waals surface area contributed by atoms with Crippen LogP contribution >= 0.6 is 0 Å². The number of aliphatic carboxylic acids is 1. The Morgan fingerprint density at radius 1 is 1.00 bits per heavy atom. The molecule has 0 spiro atoms. The van der Waals surface area contributed by atoms with Crippen LogP contribution in [-0.2, 0) is 4.79 Å². The van der Waals surface area contributed by atoms with Crippen LogP contribution in [0.1, 0.15) is 61.9 Å². The zero-order valence-electron chi connectivity index (χ0n) is 21.6. The number of ether oxygens (including phenoxy) is 4. The Kier molecular flexibility index (Phi) is 6.58. The maximum atomic E-state index is 13.0. The zero-order chi connectivity index (χ0) is 26.3. The number of hydrogen-bond acceptors (Lipinski definition) is 7. The van der Waals surface area contributed by atoms with Crippen molar-refractivity contribution in [3.63, 3.8) is 0 Å². The SMILES string of the molecule is COc1ccc([C@@H]2c3nc(NC(C)C)ccc3[C@H](c3ccc4c(c3)OCO4)[C@H]2C(=O)O)c(OC(C)C)c1. The van der Waals surface area contributed by atoms with Gasteiger partial charge in [0.05, 0.1) is 24.8 Å². The van der Waals surface area contributed by atoms with Gasteiger partial charge in [0.1, 0.15) is 17.3 Å². The van der Waals surface area contributed by atoms with Crippen LogP contribution in [0.25, 0.3) is 0 Å². The summed E-state index contributed by atoms with van der Waals surface area (Å²) in [5, 5.41) is 14.0. The third kappa shape index (κ3) is 4.63. The van der Waals surface area contributed by atoms with Crippen molar-refractivity contribution in [2.75, 3.05) is 19.2 Å². The molecule has 0 unspecified atom stereocenters. The van der Waals surface area contributed by atoms with E-state index in [-0.39, 0.29) is 18.9 Å². The van der Waals surface area contributed by atoms with E-state index in [1.807, 2.05) is 76.2 Å². The second kappa shape index (κ2) is 9.84. The summed E-state index contributed by atoms with van der Waals surface area (Å²) >= 11 is 0.